The van der Waals surface area contributed by atoms with Crippen molar-refractivity contribution in [3.8, 4) is 0 Å². The first-order chi connectivity index (χ1) is 8.07. The van der Waals surface area contributed by atoms with Gasteiger partial charge in [0, 0.05) is 18.5 Å². The number of hydrogen-bond acceptors (Lipinski definition) is 3. The van der Waals surface area contributed by atoms with Crippen LogP contribution in [0.25, 0.3) is 11.0 Å². The minimum atomic E-state index is -0.940. The molecular weight excluding hydrogens is 221 g/mol. The van der Waals surface area contributed by atoms with Gasteiger partial charge in [-0.15, -0.1) is 0 Å². The summed E-state index contributed by atoms with van der Waals surface area (Å²) < 4.78 is 18.7. The van der Waals surface area contributed by atoms with Gasteiger partial charge in [-0.2, -0.15) is 0 Å². The molecular formula is C13H14FNO2. The third-order valence-electron chi connectivity index (χ3n) is 3.38. The molecule has 1 saturated heterocycles. The van der Waals surface area contributed by atoms with Crippen molar-refractivity contribution in [2.24, 2.45) is 0 Å². The van der Waals surface area contributed by atoms with Crippen LogP contribution in [0.1, 0.15) is 12.2 Å². The second-order valence-electron chi connectivity index (χ2n) is 4.81. The van der Waals surface area contributed by atoms with Gasteiger partial charge >= 0.3 is 0 Å². The number of fused-ring (bicyclic) bond motifs is 1. The van der Waals surface area contributed by atoms with Crippen LogP contribution in [-0.2, 0) is 5.60 Å². The van der Waals surface area contributed by atoms with Gasteiger partial charge in [-0.25, -0.2) is 4.39 Å². The highest BCUT2D eigenvalue weighted by Gasteiger charge is 2.39. The van der Waals surface area contributed by atoms with Crippen LogP contribution in [0.3, 0.4) is 0 Å². The second kappa shape index (κ2) is 3.55. The third kappa shape index (κ3) is 1.73. The van der Waals surface area contributed by atoms with E-state index in [1.807, 2.05) is 11.9 Å². The van der Waals surface area contributed by atoms with Gasteiger partial charge in [0.1, 0.15) is 22.8 Å². The predicted octanol–water partition coefficient (Wildman–Crippen LogP) is 2.09. The molecule has 1 aromatic carbocycles. The van der Waals surface area contributed by atoms with E-state index in [0.717, 1.165) is 6.54 Å². The van der Waals surface area contributed by atoms with E-state index in [4.69, 9.17) is 4.42 Å². The summed E-state index contributed by atoms with van der Waals surface area (Å²) in [6, 6.07) is 6.11. The SMILES string of the molecule is CN1CCC(O)(c2cc3cc(F)ccc3o2)C1. The Balaban J connectivity index is 2.06. The molecule has 2 heterocycles. The second-order valence-corrected chi connectivity index (χ2v) is 4.81. The molecule has 17 heavy (non-hydrogen) atoms. The first-order valence-electron chi connectivity index (χ1n) is 5.67. The molecule has 1 aliphatic heterocycles. The summed E-state index contributed by atoms with van der Waals surface area (Å²) in [5.41, 5.74) is -0.325. The highest BCUT2D eigenvalue weighted by atomic mass is 19.1. The molecule has 1 aliphatic rings. The zero-order valence-electron chi connectivity index (χ0n) is 9.61. The Bertz CT molecular complexity index is 566. The normalized spacial score (nSPS) is 25.8. The number of furan rings is 1. The summed E-state index contributed by atoms with van der Waals surface area (Å²) in [7, 11) is 1.96. The maximum atomic E-state index is 13.1. The number of halogens is 1. The van der Waals surface area contributed by atoms with Gasteiger partial charge in [0.25, 0.3) is 0 Å². The van der Waals surface area contributed by atoms with E-state index >= 15 is 0 Å². The maximum absolute atomic E-state index is 13.1. The summed E-state index contributed by atoms with van der Waals surface area (Å²) in [5.74, 6) is 0.239. The van der Waals surface area contributed by atoms with Crippen LogP contribution in [0, 0.1) is 5.82 Å². The number of rotatable bonds is 1. The predicted molar refractivity (Wildman–Crippen MR) is 62.2 cm³/mol. The highest BCUT2D eigenvalue weighted by Crippen LogP contribution is 2.34. The molecule has 0 aliphatic carbocycles. The lowest BCUT2D eigenvalue weighted by molar-refractivity contribution is 0.0282. The average molecular weight is 235 g/mol. The van der Waals surface area contributed by atoms with Gasteiger partial charge in [0.05, 0.1) is 0 Å². The van der Waals surface area contributed by atoms with E-state index < -0.39 is 5.60 Å². The molecule has 1 fully saturated rings. The van der Waals surface area contributed by atoms with Gasteiger partial charge in [-0.1, -0.05) is 0 Å². The molecule has 0 spiro atoms. The van der Waals surface area contributed by atoms with Crippen LogP contribution in [0.15, 0.2) is 28.7 Å². The maximum Gasteiger partial charge on any atom is 0.138 e. The average Bonchev–Trinajstić information content (AvgIpc) is 2.83. The summed E-state index contributed by atoms with van der Waals surface area (Å²) in [6.45, 7) is 1.39. The molecule has 3 nitrogen and oxygen atoms in total. The van der Waals surface area contributed by atoms with Crippen molar-refractivity contribution >= 4 is 11.0 Å². The molecule has 0 bridgehead atoms. The van der Waals surface area contributed by atoms with Crippen LogP contribution in [0.2, 0.25) is 0 Å². The Hall–Kier alpha value is -1.39. The van der Waals surface area contributed by atoms with Crippen LogP contribution >= 0.6 is 0 Å². The first kappa shape index (κ1) is 10.7. The fourth-order valence-electron chi connectivity index (χ4n) is 2.43. The monoisotopic (exact) mass is 235 g/mol. The van der Waals surface area contributed by atoms with Crippen molar-refractivity contribution in [3.05, 3.63) is 35.8 Å². The molecule has 4 heteroatoms. The lowest BCUT2D eigenvalue weighted by Gasteiger charge is -2.19. The summed E-state index contributed by atoms with van der Waals surface area (Å²) in [5, 5.41) is 11.2. The number of likely N-dealkylation sites (tertiary alicyclic amines) is 1. The Morgan fingerprint density at radius 3 is 2.94 bits per heavy atom. The molecule has 3 rings (SSSR count). The Labute approximate surface area is 98.4 Å². The van der Waals surface area contributed by atoms with Gasteiger partial charge < -0.3 is 14.4 Å². The van der Waals surface area contributed by atoms with Gasteiger partial charge in [-0.3, -0.25) is 0 Å². The van der Waals surface area contributed by atoms with Gasteiger partial charge in [-0.05, 0) is 37.7 Å². The van der Waals surface area contributed by atoms with E-state index in [9.17, 15) is 9.50 Å². The number of hydrogen-bond donors (Lipinski definition) is 1. The van der Waals surface area contributed by atoms with Gasteiger partial charge in [0.15, 0.2) is 0 Å². The molecule has 0 amide bonds. The van der Waals surface area contributed by atoms with Crippen LogP contribution in [0.4, 0.5) is 4.39 Å². The molecule has 2 aromatic rings. The standard InChI is InChI=1S/C13H14FNO2/c1-15-5-4-13(16,8-15)12-7-9-6-10(14)2-3-11(9)17-12/h2-3,6-7,16H,4-5,8H2,1H3. The molecule has 1 atom stereocenters. The van der Waals surface area contributed by atoms with E-state index in [1.165, 1.54) is 12.1 Å². The van der Waals surface area contributed by atoms with Crippen molar-refractivity contribution in [1.82, 2.24) is 4.90 Å². The number of β-amino-alcohol motifs (C(OH)–C–C–N with tert-alkyl or cyclic N) is 1. The third-order valence-corrected chi connectivity index (χ3v) is 3.38. The molecule has 0 saturated carbocycles. The zero-order valence-corrected chi connectivity index (χ0v) is 9.61. The molecule has 1 unspecified atom stereocenters. The van der Waals surface area contributed by atoms with Crippen molar-refractivity contribution in [3.63, 3.8) is 0 Å². The van der Waals surface area contributed by atoms with Crippen molar-refractivity contribution < 1.29 is 13.9 Å². The smallest absolute Gasteiger partial charge is 0.138 e. The van der Waals surface area contributed by atoms with Gasteiger partial charge in [0.2, 0.25) is 0 Å². The van der Waals surface area contributed by atoms with E-state index in [0.29, 0.717) is 29.7 Å². The quantitative estimate of drug-likeness (QED) is 0.822. The summed E-state index contributed by atoms with van der Waals surface area (Å²) in [6.07, 6.45) is 0.645. The van der Waals surface area contributed by atoms with Crippen LogP contribution in [-0.4, -0.2) is 30.1 Å². The highest BCUT2D eigenvalue weighted by molar-refractivity contribution is 5.78. The lowest BCUT2D eigenvalue weighted by Crippen LogP contribution is -2.28. The topological polar surface area (TPSA) is 36.6 Å². The first-order valence-corrected chi connectivity index (χ1v) is 5.67. The molecule has 0 radical (unpaired) electrons. The van der Waals surface area contributed by atoms with Crippen molar-refractivity contribution in [1.29, 1.82) is 0 Å². The summed E-state index contributed by atoms with van der Waals surface area (Å²) in [4.78, 5) is 2.05. The minimum absolute atomic E-state index is 0.291. The molecule has 90 valence electrons. The molecule has 1 aromatic heterocycles. The molecule has 1 N–H and O–H groups in total. The van der Waals surface area contributed by atoms with E-state index in [-0.39, 0.29) is 5.82 Å². The Kier molecular flexibility index (Phi) is 2.24. The number of nitrogens with zero attached hydrogens (tertiary/aromatic N) is 1. The number of likely N-dealkylation sites (N-methyl/N-ethyl adjacent to an activating group) is 1. The number of aliphatic hydroxyl groups is 1. The lowest BCUT2D eigenvalue weighted by atomic mass is 10.00. The Morgan fingerprint density at radius 2 is 2.24 bits per heavy atom. The van der Waals surface area contributed by atoms with E-state index in [1.54, 1.807) is 12.1 Å². The van der Waals surface area contributed by atoms with Crippen LogP contribution < -0.4 is 0 Å². The Morgan fingerprint density at radius 1 is 1.41 bits per heavy atom. The van der Waals surface area contributed by atoms with Crippen LogP contribution in [0.5, 0.6) is 0 Å². The minimum Gasteiger partial charge on any atom is -0.458 e. The summed E-state index contributed by atoms with van der Waals surface area (Å²) >= 11 is 0. The van der Waals surface area contributed by atoms with Crippen molar-refractivity contribution in [2.75, 3.05) is 20.1 Å². The fourth-order valence-corrected chi connectivity index (χ4v) is 2.43. The van der Waals surface area contributed by atoms with Crippen molar-refractivity contribution in [2.45, 2.75) is 12.0 Å². The van der Waals surface area contributed by atoms with E-state index in [2.05, 4.69) is 0 Å². The number of benzene rings is 1. The zero-order chi connectivity index (χ0) is 12.0. The largest absolute Gasteiger partial charge is 0.458 e. The fraction of sp³-hybridized carbons (Fsp3) is 0.385.